The maximum absolute atomic E-state index is 14.7. The molecule has 0 saturated carbocycles. The van der Waals surface area contributed by atoms with Crippen LogP contribution in [0.5, 0.6) is 0 Å². The minimum Gasteiger partial charge on any atom is -0.352 e. The van der Waals surface area contributed by atoms with E-state index < -0.39 is 22.6 Å². The van der Waals surface area contributed by atoms with Crippen molar-refractivity contribution in [2.75, 3.05) is 29.7 Å². The first-order chi connectivity index (χ1) is 16.5. The highest BCUT2D eigenvalue weighted by molar-refractivity contribution is 7.90. The first-order valence-electron chi connectivity index (χ1n) is 10.4. The van der Waals surface area contributed by atoms with Crippen LogP contribution in [0.1, 0.15) is 5.56 Å². The van der Waals surface area contributed by atoms with Gasteiger partial charge in [-0.1, -0.05) is 11.6 Å². The Labute approximate surface area is 203 Å². The van der Waals surface area contributed by atoms with E-state index in [1.54, 1.807) is 26.1 Å². The summed E-state index contributed by atoms with van der Waals surface area (Å²) < 4.78 is 73.1. The van der Waals surface area contributed by atoms with Crippen LogP contribution in [-0.2, 0) is 22.0 Å². The Bertz CT molecular complexity index is 1450. The molecule has 3 aromatic rings. The van der Waals surface area contributed by atoms with E-state index in [1.807, 2.05) is 0 Å². The van der Waals surface area contributed by atoms with Crippen molar-refractivity contribution in [1.29, 1.82) is 0 Å². The summed E-state index contributed by atoms with van der Waals surface area (Å²) in [6.45, 7) is -1.53. The molecule has 1 aliphatic heterocycles. The number of benzene rings is 2. The zero-order valence-corrected chi connectivity index (χ0v) is 20.1. The van der Waals surface area contributed by atoms with E-state index in [1.165, 1.54) is 17.0 Å². The van der Waals surface area contributed by atoms with Gasteiger partial charge in [-0.05, 0) is 36.8 Å². The number of nitrogens with zero attached hydrogens (tertiary/aromatic N) is 3. The van der Waals surface area contributed by atoms with Crippen molar-refractivity contribution >= 4 is 49.8 Å². The van der Waals surface area contributed by atoms with Gasteiger partial charge in [-0.25, -0.2) is 9.37 Å². The summed E-state index contributed by atoms with van der Waals surface area (Å²) in [6, 6.07) is 5.42. The average Bonchev–Trinajstić information content (AvgIpc) is 2.75. The van der Waals surface area contributed by atoms with Gasteiger partial charge in [-0.3, -0.25) is 9.52 Å². The van der Waals surface area contributed by atoms with Crippen molar-refractivity contribution in [2.45, 2.75) is 13.5 Å². The molecule has 0 amide bonds. The zero-order valence-electron chi connectivity index (χ0n) is 18.6. The van der Waals surface area contributed by atoms with Gasteiger partial charge >= 0.3 is 16.8 Å². The number of rotatable bonds is 8. The molecule has 1 aliphatic rings. The van der Waals surface area contributed by atoms with Crippen molar-refractivity contribution in [3.05, 3.63) is 57.3 Å². The van der Waals surface area contributed by atoms with E-state index in [4.69, 9.17) is 11.6 Å². The van der Waals surface area contributed by atoms with Gasteiger partial charge in [0.1, 0.15) is 5.82 Å². The lowest BCUT2D eigenvalue weighted by molar-refractivity contribution is -0.145. The molecule has 188 valence electrons. The lowest BCUT2D eigenvalue weighted by Crippen LogP contribution is -2.53. The molecular formula is C21H21ClF3N5O4S. The number of fused-ring (bicyclic) bond motifs is 1. The molecule has 1 fully saturated rings. The zero-order chi connectivity index (χ0) is 25.5. The fraction of sp³-hybridized carbons (Fsp3) is 0.333. The Morgan fingerprint density at radius 1 is 1.23 bits per heavy atom. The van der Waals surface area contributed by atoms with Gasteiger partial charge in [0.05, 0.1) is 40.2 Å². The van der Waals surface area contributed by atoms with Crippen LogP contribution in [0.2, 0.25) is 5.02 Å². The van der Waals surface area contributed by atoms with E-state index in [2.05, 4.69) is 19.8 Å². The van der Waals surface area contributed by atoms with Gasteiger partial charge < -0.3 is 14.6 Å². The number of nitrogens with one attached hydrogen (secondary N) is 2. The van der Waals surface area contributed by atoms with Crippen LogP contribution in [-0.4, -0.2) is 48.6 Å². The Morgan fingerprint density at radius 2 is 1.91 bits per heavy atom. The second kappa shape index (κ2) is 9.64. The summed E-state index contributed by atoms with van der Waals surface area (Å²) in [7, 11) is -2.51. The predicted octanol–water partition coefficient (Wildman–Crippen LogP) is 3.61. The standard InChI is InChI=1S/C21H21ClF3N5O4S/c1-11-14(5-6-15-17(11)20(31)29(2)10-26-15)27-19-13(23)3-4-16(18(19)22)28-35(32,33)30-7-12(8-30)9-34-21(24)25/h3-6,10,12,21,27-28H,7-9H2,1-2H3. The lowest BCUT2D eigenvalue weighted by atomic mass is 10.1. The third-order valence-electron chi connectivity index (χ3n) is 5.66. The Hall–Kier alpha value is -2.87. The van der Waals surface area contributed by atoms with Crippen LogP contribution >= 0.6 is 11.6 Å². The molecule has 0 spiro atoms. The number of alkyl halides is 2. The number of aromatic nitrogens is 2. The van der Waals surface area contributed by atoms with Gasteiger partial charge in [-0.15, -0.1) is 0 Å². The van der Waals surface area contributed by atoms with Gasteiger partial charge in [-0.2, -0.15) is 21.5 Å². The molecule has 4 rings (SSSR count). The van der Waals surface area contributed by atoms with Crippen LogP contribution in [0.3, 0.4) is 0 Å². The first kappa shape index (κ1) is 25.2. The second-order valence-electron chi connectivity index (χ2n) is 8.09. The van der Waals surface area contributed by atoms with Crippen molar-refractivity contribution in [2.24, 2.45) is 13.0 Å². The van der Waals surface area contributed by atoms with Crippen LogP contribution < -0.4 is 15.6 Å². The molecule has 9 nitrogen and oxygen atoms in total. The van der Waals surface area contributed by atoms with Crippen LogP contribution in [0.25, 0.3) is 10.9 Å². The van der Waals surface area contributed by atoms with Gasteiger partial charge in [0.15, 0.2) is 0 Å². The smallest absolute Gasteiger partial charge is 0.345 e. The van der Waals surface area contributed by atoms with E-state index in [9.17, 15) is 26.4 Å². The Morgan fingerprint density at radius 3 is 2.60 bits per heavy atom. The van der Waals surface area contributed by atoms with Gasteiger partial charge in [0.2, 0.25) is 0 Å². The minimum atomic E-state index is -4.07. The number of ether oxygens (including phenoxy) is 1. The number of aryl methyl sites for hydroxylation is 2. The molecule has 0 aliphatic carbocycles. The lowest BCUT2D eigenvalue weighted by Gasteiger charge is -2.37. The van der Waals surface area contributed by atoms with Gasteiger partial charge in [0, 0.05) is 31.7 Å². The topological polar surface area (TPSA) is 106 Å². The summed E-state index contributed by atoms with van der Waals surface area (Å²) in [6.07, 6.45) is 1.40. The highest BCUT2D eigenvalue weighted by Gasteiger charge is 2.36. The average molecular weight is 532 g/mol. The largest absolute Gasteiger partial charge is 0.352 e. The molecule has 1 saturated heterocycles. The molecule has 0 bridgehead atoms. The SMILES string of the molecule is Cc1c(Nc2c(F)ccc(NS(=O)(=O)N3CC(COC(F)F)C3)c2Cl)ccc2ncn(C)c(=O)c12. The van der Waals surface area contributed by atoms with Crippen LogP contribution in [0.15, 0.2) is 35.4 Å². The van der Waals surface area contributed by atoms with Crippen molar-refractivity contribution < 1.29 is 26.3 Å². The number of anilines is 3. The molecule has 2 heterocycles. The summed E-state index contributed by atoms with van der Waals surface area (Å²) in [5.74, 6) is -1.11. The van der Waals surface area contributed by atoms with Crippen molar-refractivity contribution in [3.8, 4) is 0 Å². The number of hydrogen-bond donors (Lipinski definition) is 2. The maximum Gasteiger partial charge on any atom is 0.345 e. The molecule has 2 N–H and O–H groups in total. The summed E-state index contributed by atoms with van der Waals surface area (Å²) in [5.41, 5.74) is 0.802. The van der Waals surface area contributed by atoms with Crippen LogP contribution in [0.4, 0.5) is 30.2 Å². The monoisotopic (exact) mass is 531 g/mol. The first-order valence-corrected chi connectivity index (χ1v) is 12.2. The van der Waals surface area contributed by atoms with E-state index in [0.717, 1.165) is 10.4 Å². The highest BCUT2D eigenvalue weighted by Crippen LogP contribution is 2.37. The number of halogens is 4. The molecular weight excluding hydrogens is 511 g/mol. The Kier molecular flexibility index (Phi) is 6.95. The molecule has 1 aromatic heterocycles. The van der Waals surface area contributed by atoms with Crippen molar-refractivity contribution in [3.63, 3.8) is 0 Å². The summed E-state index contributed by atoms with van der Waals surface area (Å²) in [5, 5.41) is 2.96. The van der Waals surface area contributed by atoms with E-state index in [-0.39, 0.29) is 47.6 Å². The molecule has 2 aromatic carbocycles. The van der Waals surface area contributed by atoms with E-state index >= 15 is 0 Å². The highest BCUT2D eigenvalue weighted by atomic mass is 35.5. The van der Waals surface area contributed by atoms with E-state index in [0.29, 0.717) is 22.2 Å². The third kappa shape index (κ3) is 5.08. The molecule has 0 atom stereocenters. The quantitative estimate of drug-likeness (QED) is 0.460. The fourth-order valence-electron chi connectivity index (χ4n) is 3.70. The van der Waals surface area contributed by atoms with Gasteiger partial charge in [0.25, 0.3) is 5.56 Å². The minimum absolute atomic E-state index is 0.00868. The predicted molar refractivity (Wildman–Crippen MR) is 126 cm³/mol. The molecule has 14 heteroatoms. The second-order valence-corrected chi connectivity index (χ2v) is 10.1. The van der Waals surface area contributed by atoms with Crippen LogP contribution in [0, 0.1) is 18.7 Å². The van der Waals surface area contributed by atoms with Crippen molar-refractivity contribution in [1.82, 2.24) is 13.9 Å². The fourth-order valence-corrected chi connectivity index (χ4v) is 5.40. The Balaban J connectivity index is 1.57. The number of hydrogen-bond acceptors (Lipinski definition) is 6. The molecule has 0 radical (unpaired) electrons. The summed E-state index contributed by atoms with van der Waals surface area (Å²) >= 11 is 6.35. The molecule has 35 heavy (non-hydrogen) atoms. The molecule has 0 unspecified atom stereocenters. The normalized spacial score (nSPS) is 14.9. The maximum atomic E-state index is 14.7. The summed E-state index contributed by atoms with van der Waals surface area (Å²) in [4.78, 5) is 16.8. The third-order valence-corrected chi connectivity index (χ3v) is 7.51.